The lowest BCUT2D eigenvalue weighted by Gasteiger charge is -2.28. The van der Waals surface area contributed by atoms with Gasteiger partial charge in [0.1, 0.15) is 11.2 Å². The van der Waals surface area contributed by atoms with E-state index in [0.717, 1.165) is 74.9 Å². The smallest absolute Gasteiger partial charge is 0.164 e. The molecular weight excluding hydrogens is 599 g/mol. The molecule has 232 valence electrons. The van der Waals surface area contributed by atoms with Crippen molar-refractivity contribution in [2.45, 2.75) is 25.2 Å². The van der Waals surface area contributed by atoms with Gasteiger partial charge in [-0.25, -0.2) is 15.0 Å². The highest BCUT2D eigenvalue weighted by molar-refractivity contribution is 6.16. The molecule has 2 heterocycles. The Morgan fingerprint density at radius 1 is 0.633 bits per heavy atom. The molecule has 1 atom stereocenters. The molecule has 0 saturated heterocycles. The summed E-state index contributed by atoms with van der Waals surface area (Å²) >= 11 is 0. The summed E-state index contributed by atoms with van der Waals surface area (Å²) in [6, 6.07) is 36.4. The number of allylic oxidation sites excluding steroid dienone is 9. The lowest BCUT2D eigenvalue weighted by atomic mass is 9.77. The zero-order chi connectivity index (χ0) is 32.3. The van der Waals surface area contributed by atoms with Gasteiger partial charge in [-0.05, 0) is 82.1 Å². The first-order chi connectivity index (χ1) is 24.3. The minimum absolute atomic E-state index is 0.268. The maximum absolute atomic E-state index is 6.68. The van der Waals surface area contributed by atoms with Gasteiger partial charge in [-0.2, -0.15) is 0 Å². The summed E-state index contributed by atoms with van der Waals surface area (Å²) in [4.78, 5) is 15.6. The van der Waals surface area contributed by atoms with Crippen LogP contribution in [0.15, 0.2) is 150 Å². The van der Waals surface area contributed by atoms with Crippen molar-refractivity contribution < 1.29 is 4.42 Å². The fourth-order valence-corrected chi connectivity index (χ4v) is 7.66. The molecule has 0 radical (unpaired) electrons. The Kier molecular flexibility index (Phi) is 6.41. The summed E-state index contributed by atoms with van der Waals surface area (Å²) < 4.78 is 6.68. The third kappa shape index (κ3) is 4.71. The second kappa shape index (κ2) is 11.2. The van der Waals surface area contributed by atoms with E-state index in [-0.39, 0.29) is 5.92 Å². The van der Waals surface area contributed by atoms with Gasteiger partial charge in [-0.15, -0.1) is 0 Å². The zero-order valence-electron chi connectivity index (χ0n) is 26.8. The van der Waals surface area contributed by atoms with Gasteiger partial charge in [0.2, 0.25) is 0 Å². The van der Waals surface area contributed by atoms with Crippen LogP contribution in [0.25, 0.3) is 72.4 Å². The van der Waals surface area contributed by atoms with E-state index in [1.165, 1.54) is 27.5 Å². The number of aromatic nitrogens is 3. The van der Waals surface area contributed by atoms with Crippen LogP contribution < -0.4 is 0 Å². The Morgan fingerprint density at radius 2 is 1.45 bits per heavy atom. The number of rotatable bonds is 4. The van der Waals surface area contributed by atoms with Crippen LogP contribution in [0, 0.1) is 0 Å². The van der Waals surface area contributed by atoms with E-state index in [2.05, 4.69) is 134 Å². The Hall–Kier alpha value is -6.13. The molecule has 0 saturated carbocycles. The normalized spacial score (nSPS) is 16.7. The molecule has 3 aliphatic carbocycles. The second-order valence-electron chi connectivity index (χ2n) is 13.0. The summed E-state index contributed by atoms with van der Waals surface area (Å²) in [6.45, 7) is 0. The molecule has 4 nitrogen and oxygen atoms in total. The first-order valence-corrected chi connectivity index (χ1v) is 17.0. The third-order valence-electron chi connectivity index (χ3n) is 10.1. The minimum atomic E-state index is 0.268. The SMILES string of the molecule is C1=CC(c2nc(C3=CC=C4C=Cc5ccccc5C4C3)nc(-c3ccc(-c4ccc5ccccc5c4)c4oc5ccccc5c34)n2)=CCC1. The molecule has 0 aliphatic heterocycles. The van der Waals surface area contributed by atoms with Gasteiger partial charge < -0.3 is 4.42 Å². The van der Waals surface area contributed by atoms with Crippen LogP contribution in [0.2, 0.25) is 0 Å². The van der Waals surface area contributed by atoms with Crippen LogP contribution >= 0.6 is 0 Å². The summed E-state index contributed by atoms with van der Waals surface area (Å²) in [5, 5.41) is 4.48. The van der Waals surface area contributed by atoms with Crippen molar-refractivity contribution in [3.05, 3.63) is 168 Å². The highest BCUT2D eigenvalue weighted by atomic mass is 16.3. The first-order valence-electron chi connectivity index (χ1n) is 17.0. The number of fused-ring (bicyclic) bond motifs is 7. The maximum Gasteiger partial charge on any atom is 0.164 e. The number of benzene rings is 5. The molecule has 0 N–H and O–H groups in total. The summed E-state index contributed by atoms with van der Waals surface area (Å²) in [5.41, 5.74) is 10.9. The summed E-state index contributed by atoms with van der Waals surface area (Å²) in [5.74, 6) is 2.35. The Morgan fingerprint density at radius 3 is 2.39 bits per heavy atom. The van der Waals surface area contributed by atoms with Gasteiger partial charge >= 0.3 is 0 Å². The fourth-order valence-electron chi connectivity index (χ4n) is 7.66. The highest BCUT2D eigenvalue weighted by Gasteiger charge is 2.27. The van der Waals surface area contributed by atoms with E-state index in [1.807, 2.05) is 12.1 Å². The Bertz CT molecular complexity index is 2650. The van der Waals surface area contributed by atoms with Gasteiger partial charge in [0.25, 0.3) is 0 Å². The van der Waals surface area contributed by atoms with Gasteiger partial charge in [0.05, 0.1) is 0 Å². The molecule has 1 unspecified atom stereocenters. The number of nitrogens with zero attached hydrogens (tertiary/aromatic N) is 3. The molecular formula is C45H31N3O. The van der Waals surface area contributed by atoms with Crippen molar-refractivity contribution in [1.82, 2.24) is 15.0 Å². The van der Waals surface area contributed by atoms with Crippen molar-refractivity contribution in [3.8, 4) is 22.5 Å². The number of hydrogen-bond donors (Lipinski definition) is 0. The molecule has 0 spiro atoms. The average molecular weight is 630 g/mol. The van der Waals surface area contributed by atoms with Crippen molar-refractivity contribution in [1.29, 1.82) is 0 Å². The number of para-hydroxylation sites is 1. The molecule has 10 rings (SSSR count). The van der Waals surface area contributed by atoms with Crippen LogP contribution in [0.1, 0.15) is 48.0 Å². The van der Waals surface area contributed by atoms with E-state index in [0.29, 0.717) is 11.6 Å². The molecule has 0 amide bonds. The van der Waals surface area contributed by atoms with Crippen LogP contribution in [0.4, 0.5) is 0 Å². The lowest BCUT2D eigenvalue weighted by Crippen LogP contribution is -2.13. The highest BCUT2D eigenvalue weighted by Crippen LogP contribution is 2.44. The Labute approximate surface area is 284 Å². The molecule has 2 aromatic heterocycles. The van der Waals surface area contributed by atoms with Gasteiger partial charge in [-0.1, -0.05) is 121 Å². The van der Waals surface area contributed by atoms with Crippen molar-refractivity contribution >= 4 is 49.9 Å². The van der Waals surface area contributed by atoms with E-state index < -0.39 is 0 Å². The predicted octanol–water partition coefficient (Wildman–Crippen LogP) is 11.5. The molecule has 5 aromatic carbocycles. The van der Waals surface area contributed by atoms with Crippen molar-refractivity contribution in [3.63, 3.8) is 0 Å². The topological polar surface area (TPSA) is 51.8 Å². The second-order valence-corrected chi connectivity index (χ2v) is 13.0. The summed E-state index contributed by atoms with van der Waals surface area (Å²) in [7, 11) is 0. The van der Waals surface area contributed by atoms with Crippen LogP contribution in [-0.4, -0.2) is 15.0 Å². The van der Waals surface area contributed by atoms with E-state index in [4.69, 9.17) is 19.4 Å². The van der Waals surface area contributed by atoms with Crippen molar-refractivity contribution in [2.75, 3.05) is 0 Å². The number of furan rings is 1. The monoisotopic (exact) mass is 629 g/mol. The van der Waals surface area contributed by atoms with Crippen molar-refractivity contribution in [2.24, 2.45) is 0 Å². The third-order valence-corrected chi connectivity index (χ3v) is 10.1. The van der Waals surface area contributed by atoms with E-state index >= 15 is 0 Å². The predicted molar refractivity (Wildman–Crippen MR) is 201 cm³/mol. The molecule has 7 aromatic rings. The average Bonchev–Trinajstić information content (AvgIpc) is 3.57. The van der Waals surface area contributed by atoms with E-state index in [1.54, 1.807) is 0 Å². The van der Waals surface area contributed by atoms with Crippen LogP contribution in [0.3, 0.4) is 0 Å². The van der Waals surface area contributed by atoms with E-state index in [9.17, 15) is 0 Å². The summed E-state index contributed by atoms with van der Waals surface area (Å²) in [6.07, 6.45) is 18.3. The standard InChI is InChI=1S/C45H31N3O/c1-2-12-31(13-3-1)43-46-44(34-23-21-30-20-19-29-11-6-7-15-35(29)39(30)27-34)48-45(47-43)38-25-24-36(33-22-18-28-10-4-5-14-32(28)26-33)42-41(38)37-16-8-9-17-40(37)49-42/h2,4-26,39H,1,3,27H2. The number of hydrogen-bond acceptors (Lipinski definition) is 4. The minimum Gasteiger partial charge on any atom is -0.455 e. The van der Waals surface area contributed by atoms with Gasteiger partial charge in [-0.3, -0.25) is 0 Å². The fraction of sp³-hybridized carbons (Fsp3) is 0.0889. The molecule has 0 fully saturated rings. The quantitative estimate of drug-likeness (QED) is 0.194. The molecule has 49 heavy (non-hydrogen) atoms. The van der Waals surface area contributed by atoms with Gasteiger partial charge in [0.15, 0.2) is 17.5 Å². The Balaban J connectivity index is 1.17. The van der Waals surface area contributed by atoms with Crippen LogP contribution in [0.5, 0.6) is 0 Å². The molecule has 0 bridgehead atoms. The van der Waals surface area contributed by atoms with Crippen LogP contribution in [-0.2, 0) is 0 Å². The first kappa shape index (κ1) is 27.9. The lowest BCUT2D eigenvalue weighted by molar-refractivity contribution is 0.670. The molecule has 4 heteroatoms. The zero-order valence-corrected chi connectivity index (χ0v) is 26.8. The van der Waals surface area contributed by atoms with Gasteiger partial charge in [0, 0.05) is 33.4 Å². The largest absolute Gasteiger partial charge is 0.455 e. The maximum atomic E-state index is 6.68. The molecule has 3 aliphatic rings.